The summed E-state index contributed by atoms with van der Waals surface area (Å²) in [5.41, 5.74) is 0. The number of aromatic nitrogens is 1. The Bertz CT molecular complexity index is 324. The van der Waals surface area contributed by atoms with Gasteiger partial charge in [0, 0.05) is 30.7 Å². The van der Waals surface area contributed by atoms with Gasteiger partial charge in [0.05, 0.1) is 6.04 Å². The molecule has 1 N–H and O–H groups in total. The minimum Gasteiger partial charge on any atom is -0.312 e. The Labute approximate surface area is 101 Å². The number of nitrogens with one attached hydrogen (secondary N) is 1. The van der Waals surface area contributed by atoms with E-state index in [0.717, 1.165) is 12.0 Å². The maximum Gasteiger partial charge on any atom is 0.109 e. The summed E-state index contributed by atoms with van der Waals surface area (Å²) in [6.07, 6.45) is 4.66. The van der Waals surface area contributed by atoms with Crippen molar-refractivity contribution in [3.05, 3.63) is 16.6 Å². The molecule has 3 rings (SSSR count). The molecular formula is C12H19N3S. The smallest absolute Gasteiger partial charge is 0.109 e. The van der Waals surface area contributed by atoms with Crippen LogP contribution in [0.5, 0.6) is 0 Å². The molecule has 2 fully saturated rings. The fourth-order valence-electron chi connectivity index (χ4n) is 2.99. The minimum atomic E-state index is 0.493. The van der Waals surface area contributed by atoms with E-state index >= 15 is 0 Å². The highest BCUT2D eigenvalue weighted by atomic mass is 32.1. The SMILES string of the molecule is CC(c1nccs1)N1C[C@@H]2CCCN[C@@H]2C1. The molecule has 1 aromatic rings. The first-order valence-corrected chi connectivity index (χ1v) is 7.09. The van der Waals surface area contributed by atoms with Gasteiger partial charge in [-0.15, -0.1) is 11.3 Å². The van der Waals surface area contributed by atoms with E-state index < -0.39 is 0 Å². The van der Waals surface area contributed by atoms with Crippen LogP contribution in [0.1, 0.15) is 30.8 Å². The maximum atomic E-state index is 4.43. The Hall–Kier alpha value is -0.450. The molecule has 1 unspecified atom stereocenters. The normalized spacial score (nSPS) is 32.6. The standard InChI is InChI=1S/C12H19N3S/c1-9(12-14-5-6-16-12)15-7-10-3-2-4-13-11(10)8-15/h5-6,9-11,13H,2-4,7-8H2,1H3/t9?,10-,11+/m0/s1. The first-order valence-electron chi connectivity index (χ1n) is 6.21. The van der Waals surface area contributed by atoms with E-state index in [9.17, 15) is 0 Å². The molecule has 16 heavy (non-hydrogen) atoms. The van der Waals surface area contributed by atoms with Crippen LogP contribution in [-0.4, -0.2) is 35.6 Å². The minimum absolute atomic E-state index is 0.493. The molecule has 3 atom stereocenters. The van der Waals surface area contributed by atoms with Crippen molar-refractivity contribution in [2.75, 3.05) is 19.6 Å². The lowest BCUT2D eigenvalue weighted by Crippen LogP contribution is -2.40. The van der Waals surface area contributed by atoms with Gasteiger partial charge in [-0.2, -0.15) is 0 Å². The van der Waals surface area contributed by atoms with Crippen LogP contribution in [0.3, 0.4) is 0 Å². The molecule has 0 amide bonds. The van der Waals surface area contributed by atoms with Crippen LogP contribution in [0.4, 0.5) is 0 Å². The first-order chi connectivity index (χ1) is 7.84. The van der Waals surface area contributed by atoms with E-state index in [4.69, 9.17) is 0 Å². The second kappa shape index (κ2) is 4.43. The lowest BCUT2D eigenvalue weighted by molar-refractivity contribution is 0.250. The summed E-state index contributed by atoms with van der Waals surface area (Å²) in [6.45, 7) is 5.95. The predicted molar refractivity (Wildman–Crippen MR) is 66.6 cm³/mol. The Morgan fingerprint density at radius 2 is 2.50 bits per heavy atom. The number of fused-ring (bicyclic) bond motifs is 1. The van der Waals surface area contributed by atoms with Gasteiger partial charge in [-0.25, -0.2) is 4.98 Å². The number of nitrogens with zero attached hydrogens (tertiary/aromatic N) is 2. The highest BCUT2D eigenvalue weighted by Gasteiger charge is 2.36. The summed E-state index contributed by atoms with van der Waals surface area (Å²) in [5, 5.41) is 6.99. The molecule has 2 saturated heterocycles. The van der Waals surface area contributed by atoms with Crippen LogP contribution in [0.15, 0.2) is 11.6 Å². The number of piperidine rings is 1. The third kappa shape index (κ3) is 1.90. The average Bonchev–Trinajstić information content (AvgIpc) is 2.97. The maximum absolute atomic E-state index is 4.43. The molecule has 0 saturated carbocycles. The zero-order chi connectivity index (χ0) is 11.0. The molecule has 1 aromatic heterocycles. The third-order valence-corrected chi connectivity index (χ3v) is 4.93. The number of hydrogen-bond donors (Lipinski definition) is 1. The summed E-state index contributed by atoms with van der Waals surface area (Å²) in [5.74, 6) is 0.871. The van der Waals surface area contributed by atoms with Crippen LogP contribution in [0.25, 0.3) is 0 Å². The summed E-state index contributed by atoms with van der Waals surface area (Å²) >= 11 is 1.78. The van der Waals surface area contributed by atoms with Crippen molar-refractivity contribution in [2.45, 2.75) is 31.8 Å². The lowest BCUT2D eigenvalue weighted by Gasteiger charge is -2.24. The highest BCUT2D eigenvalue weighted by molar-refractivity contribution is 7.09. The number of hydrogen-bond acceptors (Lipinski definition) is 4. The van der Waals surface area contributed by atoms with E-state index in [-0.39, 0.29) is 0 Å². The van der Waals surface area contributed by atoms with E-state index in [1.807, 2.05) is 6.20 Å². The van der Waals surface area contributed by atoms with Crippen molar-refractivity contribution in [1.82, 2.24) is 15.2 Å². The molecule has 0 spiro atoms. The van der Waals surface area contributed by atoms with Gasteiger partial charge in [0.15, 0.2) is 0 Å². The Morgan fingerprint density at radius 3 is 3.25 bits per heavy atom. The number of thiazole rings is 1. The molecule has 0 radical (unpaired) electrons. The van der Waals surface area contributed by atoms with Gasteiger partial charge in [-0.3, -0.25) is 4.90 Å². The Balaban J connectivity index is 1.68. The monoisotopic (exact) mass is 237 g/mol. The van der Waals surface area contributed by atoms with Crippen molar-refractivity contribution in [3.8, 4) is 0 Å². The van der Waals surface area contributed by atoms with Gasteiger partial charge in [-0.05, 0) is 32.2 Å². The van der Waals surface area contributed by atoms with Gasteiger partial charge < -0.3 is 5.32 Å². The first kappa shape index (κ1) is 10.7. The topological polar surface area (TPSA) is 28.2 Å². The molecule has 0 aromatic carbocycles. The molecule has 0 aliphatic carbocycles. The van der Waals surface area contributed by atoms with Crippen molar-refractivity contribution in [3.63, 3.8) is 0 Å². The molecule has 2 aliphatic heterocycles. The molecule has 3 nitrogen and oxygen atoms in total. The van der Waals surface area contributed by atoms with Crippen LogP contribution < -0.4 is 5.32 Å². The van der Waals surface area contributed by atoms with Gasteiger partial charge >= 0.3 is 0 Å². The Morgan fingerprint density at radius 1 is 1.56 bits per heavy atom. The molecule has 3 heterocycles. The molecule has 0 bridgehead atoms. The quantitative estimate of drug-likeness (QED) is 0.851. The summed E-state index contributed by atoms with van der Waals surface area (Å²) < 4.78 is 0. The van der Waals surface area contributed by atoms with Crippen molar-refractivity contribution < 1.29 is 0 Å². The summed E-state index contributed by atoms with van der Waals surface area (Å²) in [4.78, 5) is 7.02. The predicted octanol–water partition coefficient (Wildman–Crippen LogP) is 1.89. The molecule has 2 aliphatic rings. The third-order valence-electron chi connectivity index (χ3n) is 3.98. The molecule has 88 valence electrons. The number of rotatable bonds is 2. The fraction of sp³-hybridized carbons (Fsp3) is 0.750. The van der Waals surface area contributed by atoms with E-state index in [1.165, 1.54) is 37.5 Å². The summed E-state index contributed by atoms with van der Waals surface area (Å²) in [6, 6.07) is 1.23. The van der Waals surface area contributed by atoms with Crippen LogP contribution >= 0.6 is 11.3 Å². The zero-order valence-corrected chi connectivity index (χ0v) is 10.5. The molecule has 4 heteroatoms. The van der Waals surface area contributed by atoms with Crippen molar-refractivity contribution in [2.24, 2.45) is 5.92 Å². The number of likely N-dealkylation sites (tertiary alicyclic amines) is 1. The zero-order valence-electron chi connectivity index (χ0n) is 9.72. The van der Waals surface area contributed by atoms with Gasteiger partial charge in [-0.1, -0.05) is 0 Å². The van der Waals surface area contributed by atoms with Crippen LogP contribution in [0, 0.1) is 5.92 Å². The summed E-state index contributed by atoms with van der Waals surface area (Å²) in [7, 11) is 0. The lowest BCUT2D eigenvalue weighted by atomic mass is 9.94. The largest absolute Gasteiger partial charge is 0.312 e. The van der Waals surface area contributed by atoms with Crippen LogP contribution in [-0.2, 0) is 0 Å². The van der Waals surface area contributed by atoms with Gasteiger partial charge in [0.2, 0.25) is 0 Å². The average molecular weight is 237 g/mol. The van der Waals surface area contributed by atoms with E-state index in [0.29, 0.717) is 6.04 Å². The van der Waals surface area contributed by atoms with Crippen molar-refractivity contribution in [1.29, 1.82) is 0 Å². The van der Waals surface area contributed by atoms with Gasteiger partial charge in [0.25, 0.3) is 0 Å². The highest BCUT2D eigenvalue weighted by Crippen LogP contribution is 2.31. The fourth-order valence-corrected chi connectivity index (χ4v) is 3.72. The molecular weight excluding hydrogens is 218 g/mol. The van der Waals surface area contributed by atoms with E-state index in [1.54, 1.807) is 11.3 Å². The van der Waals surface area contributed by atoms with Crippen molar-refractivity contribution >= 4 is 11.3 Å². The van der Waals surface area contributed by atoms with Gasteiger partial charge in [0.1, 0.15) is 5.01 Å². The van der Waals surface area contributed by atoms with E-state index in [2.05, 4.69) is 27.5 Å². The van der Waals surface area contributed by atoms with Crippen LogP contribution in [0.2, 0.25) is 0 Å². The Kier molecular flexibility index (Phi) is 2.96. The second-order valence-electron chi connectivity index (χ2n) is 4.96. The second-order valence-corrected chi connectivity index (χ2v) is 5.89.